The van der Waals surface area contributed by atoms with E-state index in [-0.39, 0.29) is 4.90 Å². The molecule has 3 rings (SSSR count). The molecule has 1 N–H and O–H groups in total. The van der Waals surface area contributed by atoms with Gasteiger partial charge in [-0.1, -0.05) is 18.2 Å². The highest BCUT2D eigenvalue weighted by Gasteiger charge is 2.19. The Hall–Kier alpha value is -2.05. The summed E-state index contributed by atoms with van der Waals surface area (Å²) in [5, 5.41) is 0. The standard InChI is InChI=1S/C18H22N2O3S/c1-23-17-11-13-20(14-12-17)16-9-7-15(8-10-16)19-24(21,22)18-5-3-2-4-6-18/h2-10,17,19H,11-14H2,1H3. The first-order valence-electron chi connectivity index (χ1n) is 8.04. The summed E-state index contributed by atoms with van der Waals surface area (Å²) in [5.41, 5.74) is 1.67. The number of nitrogens with zero attached hydrogens (tertiary/aromatic N) is 1. The maximum Gasteiger partial charge on any atom is 0.261 e. The Kier molecular flexibility index (Phi) is 5.06. The molecule has 0 spiro atoms. The van der Waals surface area contributed by atoms with Gasteiger partial charge in [0.15, 0.2) is 0 Å². The van der Waals surface area contributed by atoms with E-state index < -0.39 is 10.0 Å². The molecule has 0 radical (unpaired) electrons. The summed E-state index contributed by atoms with van der Waals surface area (Å²) < 4.78 is 32.6. The Labute approximate surface area is 143 Å². The van der Waals surface area contributed by atoms with Crippen molar-refractivity contribution in [1.29, 1.82) is 0 Å². The third-order valence-corrected chi connectivity index (χ3v) is 5.71. The van der Waals surface area contributed by atoms with Crippen LogP contribution in [0.5, 0.6) is 0 Å². The molecule has 2 aromatic carbocycles. The van der Waals surface area contributed by atoms with Gasteiger partial charge < -0.3 is 9.64 Å². The maximum absolute atomic E-state index is 12.3. The quantitative estimate of drug-likeness (QED) is 0.904. The van der Waals surface area contributed by atoms with Gasteiger partial charge >= 0.3 is 0 Å². The second kappa shape index (κ2) is 7.23. The number of hydrogen-bond acceptors (Lipinski definition) is 4. The molecule has 1 aliphatic heterocycles. The van der Waals surface area contributed by atoms with E-state index in [0.717, 1.165) is 31.6 Å². The van der Waals surface area contributed by atoms with Crippen LogP contribution >= 0.6 is 0 Å². The van der Waals surface area contributed by atoms with Crippen LogP contribution in [0.1, 0.15) is 12.8 Å². The average Bonchev–Trinajstić information content (AvgIpc) is 2.63. The summed E-state index contributed by atoms with van der Waals surface area (Å²) in [7, 11) is -1.78. The molecule has 0 atom stereocenters. The van der Waals surface area contributed by atoms with Gasteiger partial charge in [0.2, 0.25) is 0 Å². The number of ether oxygens (including phenoxy) is 1. The Morgan fingerprint density at radius 2 is 1.62 bits per heavy atom. The molecule has 1 heterocycles. The van der Waals surface area contributed by atoms with Crippen molar-refractivity contribution < 1.29 is 13.2 Å². The zero-order valence-electron chi connectivity index (χ0n) is 13.7. The number of sulfonamides is 1. The van der Waals surface area contributed by atoms with E-state index in [1.54, 1.807) is 49.6 Å². The minimum Gasteiger partial charge on any atom is -0.381 e. The number of anilines is 2. The lowest BCUT2D eigenvalue weighted by atomic mass is 10.1. The molecule has 1 aliphatic rings. The first kappa shape index (κ1) is 16.8. The van der Waals surface area contributed by atoms with Gasteiger partial charge in [-0.2, -0.15) is 0 Å². The molecule has 0 bridgehead atoms. The number of piperidine rings is 1. The lowest BCUT2D eigenvalue weighted by Gasteiger charge is -2.33. The highest BCUT2D eigenvalue weighted by Crippen LogP contribution is 2.24. The average molecular weight is 346 g/mol. The number of benzene rings is 2. The Morgan fingerprint density at radius 3 is 2.21 bits per heavy atom. The lowest BCUT2D eigenvalue weighted by Crippen LogP contribution is -2.36. The highest BCUT2D eigenvalue weighted by atomic mass is 32.2. The van der Waals surface area contributed by atoms with Gasteiger partial charge in [0, 0.05) is 31.6 Å². The summed E-state index contributed by atoms with van der Waals surface area (Å²) in [6.45, 7) is 1.90. The molecule has 0 amide bonds. The molecule has 1 saturated heterocycles. The molecule has 5 nitrogen and oxygen atoms in total. The summed E-state index contributed by atoms with van der Waals surface area (Å²) in [6.07, 6.45) is 2.37. The van der Waals surface area contributed by atoms with Gasteiger partial charge in [0.05, 0.1) is 11.0 Å². The Bertz CT molecular complexity index is 753. The van der Waals surface area contributed by atoms with E-state index in [9.17, 15) is 8.42 Å². The van der Waals surface area contributed by atoms with Crippen LogP contribution < -0.4 is 9.62 Å². The Balaban J connectivity index is 1.67. The molecule has 2 aromatic rings. The van der Waals surface area contributed by atoms with E-state index in [1.165, 1.54) is 0 Å². The fraction of sp³-hybridized carbons (Fsp3) is 0.333. The third-order valence-electron chi connectivity index (χ3n) is 4.31. The van der Waals surface area contributed by atoms with Crippen molar-refractivity contribution in [3.63, 3.8) is 0 Å². The topological polar surface area (TPSA) is 58.6 Å². The van der Waals surface area contributed by atoms with E-state index in [1.807, 2.05) is 12.1 Å². The van der Waals surface area contributed by atoms with Crippen molar-refractivity contribution >= 4 is 21.4 Å². The van der Waals surface area contributed by atoms with Crippen molar-refractivity contribution in [2.45, 2.75) is 23.8 Å². The summed E-state index contributed by atoms with van der Waals surface area (Å²) >= 11 is 0. The van der Waals surface area contributed by atoms with Gasteiger partial charge in [-0.25, -0.2) is 8.42 Å². The van der Waals surface area contributed by atoms with E-state index in [4.69, 9.17) is 4.74 Å². The second-order valence-electron chi connectivity index (χ2n) is 5.89. The largest absolute Gasteiger partial charge is 0.381 e. The van der Waals surface area contributed by atoms with Crippen LogP contribution in [0.25, 0.3) is 0 Å². The van der Waals surface area contributed by atoms with Gasteiger partial charge in [0.25, 0.3) is 10.0 Å². The number of nitrogens with one attached hydrogen (secondary N) is 1. The zero-order chi connectivity index (χ0) is 17.0. The minimum absolute atomic E-state index is 0.260. The van der Waals surface area contributed by atoms with Crippen LogP contribution in [0.15, 0.2) is 59.5 Å². The maximum atomic E-state index is 12.3. The molecule has 6 heteroatoms. The number of hydrogen-bond donors (Lipinski definition) is 1. The molecule has 24 heavy (non-hydrogen) atoms. The predicted molar refractivity (Wildman–Crippen MR) is 95.9 cm³/mol. The molecule has 128 valence electrons. The lowest BCUT2D eigenvalue weighted by molar-refractivity contribution is 0.0819. The van der Waals surface area contributed by atoms with Gasteiger partial charge in [-0.15, -0.1) is 0 Å². The summed E-state index contributed by atoms with van der Waals surface area (Å²) in [6, 6.07) is 15.9. The molecule has 0 aliphatic carbocycles. The van der Waals surface area contributed by atoms with E-state index >= 15 is 0 Å². The first-order chi connectivity index (χ1) is 11.6. The number of methoxy groups -OCH3 is 1. The van der Waals surface area contributed by atoms with Gasteiger partial charge in [-0.05, 0) is 49.2 Å². The zero-order valence-corrected chi connectivity index (χ0v) is 14.5. The fourth-order valence-corrected chi connectivity index (χ4v) is 3.98. The highest BCUT2D eigenvalue weighted by molar-refractivity contribution is 7.92. The van der Waals surface area contributed by atoms with Crippen LogP contribution in [-0.4, -0.2) is 34.7 Å². The van der Waals surface area contributed by atoms with E-state index in [2.05, 4.69) is 9.62 Å². The number of rotatable bonds is 5. The van der Waals surface area contributed by atoms with Gasteiger partial charge in [0.1, 0.15) is 0 Å². The van der Waals surface area contributed by atoms with Crippen LogP contribution in [-0.2, 0) is 14.8 Å². The SMILES string of the molecule is COC1CCN(c2ccc(NS(=O)(=O)c3ccccc3)cc2)CC1. The monoisotopic (exact) mass is 346 g/mol. The summed E-state index contributed by atoms with van der Waals surface area (Å²) in [4.78, 5) is 2.56. The molecule has 0 saturated carbocycles. The van der Waals surface area contributed by atoms with E-state index in [0.29, 0.717) is 11.8 Å². The fourth-order valence-electron chi connectivity index (χ4n) is 2.90. The van der Waals surface area contributed by atoms with Crippen molar-refractivity contribution in [3.05, 3.63) is 54.6 Å². The van der Waals surface area contributed by atoms with Crippen molar-refractivity contribution in [2.75, 3.05) is 29.8 Å². The van der Waals surface area contributed by atoms with Crippen LogP contribution in [0.2, 0.25) is 0 Å². The smallest absolute Gasteiger partial charge is 0.261 e. The normalized spacial score (nSPS) is 16.1. The molecule has 0 unspecified atom stereocenters. The molecule has 0 aromatic heterocycles. The van der Waals surface area contributed by atoms with Crippen molar-refractivity contribution in [1.82, 2.24) is 0 Å². The van der Waals surface area contributed by atoms with Crippen LogP contribution in [0.4, 0.5) is 11.4 Å². The molecular formula is C18H22N2O3S. The third kappa shape index (κ3) is 3.88. The summed E-state index contributed by atoms with van der Waals surface area (Å²) in [5.74, 6) is 0. The Morgan fingerprint density at radius 1 is 1.00 bits per heavy atom. The minimum atomic E-state index is -3.54. The second-order valence-corrected chi connectivity index (χ2v) is 7.57. The van der Waals surface area contributed by atoms with Crippen molar-refractivity contribution in [2.24, 2.45) is 0 Å². The van der Waals surface area contributed by atoms with Crippen LogP contribution in [0, 0.1) is 0 Å². The molecular weight excluding hydrogens is 324 g/mol. The first-order valence-corrected chi connectivity index (χ1v) is 9.52. The van der Waals surface area contributed by atoms with Gasteiger partial charge in [-0.3, -0.25) is 4.72 Å². The van der Waals surface area contributed by atoms with Crippen LogP contribution in [0.3, 0.4) is 0 Å². The van der Waals surface area contributed by atoms with Crippen molar-refractivity contribution in [3.8, 4) is 0 Å². The predicted octanol–water partition coefficient (Wildman–Crippen LogP) is 3.10. The molecule has 1 fully saturated rings.